The van der Waals surface area contributed by atoms with Gasteiger partial charge >= 0.3 is 0 Å². The van der Waals surface area contributed by atoms with E-state index in [0.29, 0.717) is 6.04 Å². The second kappa shape index (κ2) is 8.25. The van der Waals surface area contributed by atoms with Crippen molar-refractivity contribution in [2.24, 2.45) is 11.7 Å². The molecule has 2 heteroatoms. The van der Waals surface area contributed by atoms with Gasteiger partial charge in [0.25, 0.3) is 0 Å². The summed E-state index contributed by atoms with van der Waals surface area (Å²) in [6.07, 6.45) is 3.64. The highest BCUT2D eigenvalue weighted by molar-refractivity contribution is 4.71. The molecular formula is C12H28N2. The van der Waals surface area contributed by atoms with Gasteiger partial charge in [-0.2, -0.15) is 0 Å². The molecule has 0 aromatic heterocycles. The molecule has 0 saturated heterocycles. The van der Waals surface area contributed by atoms with E-state index in [9.17, 15) is 0 Å². The third kappa shape index (κ3) is 4.97. The number of nitrogens with zero attached hydrogens (tertiary/aromatic N) is 1. The van der Waals surface area contributed by atoms with E-state index >= 15 is 0 Å². The molecule has 2 nitrogen and oxygen atoms in total. The lowest BCUT2D eigenvalue weighted by atomic mass is 10.0. The molecule has 0 bridgehead atoms. The maximum absolute atomic E-state index is 5.63. The quantitative estimate of drug-likeness (QED) is 0.652. The monoisotopic (exact) mass is 200 g/mol. The summed E-state index contributed by atoms with van der Waals surface area (Å²) in [6, 6.07) is 0.694. The van der Waals surface area contributed by atoms with Crippen LogP contribution in [0.15, 0.2) is 0 Å². The lowest BCUT2D eigenvalue weighted by Crippen LogP contribution is -2.39. The number of nitrogens with two attached hydrogens (primary N) is 1. The van der Waals surface area contributed by atoms with Crippen molar-refractivity contribution < 1.29 is 0 Å². The van der Waals surface area contributed by atoms with Gasteiger partial charge in [0.15, 0.2) is 0 Å². The van der Waals surface area contributed by atoms with E-state index in [0.717, 1.165) is 25.4 Å². The second-order valence-electron chi connectivity index (χ2n) is 4.24. The highest BCUT2D eigenvalue weighted by Crippen LogP contribution is 2.12. The molecule has 0 aromatic carbocycles. The summed E-state index contributed by atoms with van der Waals surface area (Å²) in [7, 11) is 0. The van der Waals surface area contributed by atoms with Crippen molar-refractivity contribution in [1.82, 2.24) is 4.90 Å². The minimum Gasteiger partial charge on any atom is -0.330 e. The maximum Gasteiger partial charge on any atom is 0.0105 e. The van der Waals surface area contributed by atoms with E-state index in [1.807, 2.05) is 0 Å². The predicted octanol–water partition coefficient (Wildman–Crippen LogP) is 2.48. The Morgan fingerprint density at radius 1 is 1.14 bits per heavy atom. The Bertz CT molecular complexity index is 125. The van der Waals surface area contributed by atoms with Crippen LogP contribution in [0.3, 0.4) is 0 Å². The fourth-order valence-electron chi connectivity index (χ4n) is 1.90. The Morgan fingerprint density at radius 2 is 1.79 bits per heavy atom. The molecular weight excluding hydrogens is 172 g/mol. The fourth-order valence-corrected chi connectivity index (χ4v) is 1.90. The molecule has 0 aliphatic carbocycles. The predicted molar refractivity (Wildman–Crippen MR) is 64.5 cm³/mol. The third-order valence-electron chi connectivity index (χ3n) is 3.14. The number of hydrogen-bond acceptors (Lipinski definition) is 2. The average molecular weight is 200 g/mol. The van der Waals surface area contributed by atoms with Crippen LogP contribution in [0.2, 0.25) is 0 Å². The standard InChI is InChI=1S/C12H28N2/c1-5-11(4)10-14(7-3)12(6-2)8-9-13/h11-12H,5-10,13H2,1-4H3. The summed E-state index contributed by atoms with van der Waals surface area (Å²) < 4.78 is 0. The molecule has 0 aliphatic heterocycles. The van der Waals surface area contributed by atoms with E-state index in [1.54, 1.807) is 0 Å². The van der Waals surface area contributed by atoms with Crippen LogP contribution in [-0.4, -0.2) is 30.6 Å². The smallest absolute Gasteiger partial charge is 0.0105 e. The Kier molecular flexibility index (Phi) is 8.20. The lowest BCUT2D eigenvalue weighted by molar-refractivity contribution is 0.166. The molecule has 2 atom stereocenters. The molecule has 0 spiro atoms. The van der Waals surface area contributed by atoms with Crippen molar-refractivity contribution in [3.05, 3.63) is 0 Å². The van der Waals surface area contributed by atoms with E-state index in [-0.39, 0.29) is 0 Å². The van der Waals surface area contributed by atoms with Gasteiger partial charge < -0.3 is 10.6 Å². The van der Waals surface area contributed by atoms with Crippen LogP contribution in [0.5, 0.6) is 0 Å². The minimum atomic E-state index is 0.694. The molecule has 0 rings (SSSR count). The zero-order valence-electron chi connectivity index (χ0n) is 10.4. The molecule has 0 radical (unpaired) electrons. The summed E-state index contributed by atoms with van der Waals surface area (Å²) in [4.78, 5) is 2.58. The molecule has 0 aliphatic rings. The number of hydrogen-bond donors (Lipinski definition) is 1. The van der Waals surface area contributed by atoms with Crippen LogP contribution in [-0.2, 0) is 0 Å². The Labute approximate surface area is 89.9 Å². The van der Waals surface area contributed by atoms with Crippen molar-refractivity contribution >= 4 is 0 Å². The van der Waals surface area contributed by atoms with Crippen LogP contribution in [0.25, 0.3) is 0 Å². The first kappa shape index (κ1) is 13.9. The van der Waals surface area contributed by atoms with Crippen LogP contribution >= 0.6 is 0 Å². The van der Waals surface area contributed by atoms with Crippen molar-refractivity contribution in [2.75, 3.05) is 19.6 Å². The normalized spacial score (nSPS) is 15.9. The first-order valence-corrected chi connectivity index (χ1v) is 6.13. The van der Waals surface area contributed by atoms with Crippen molar-refractivity contribution in [1.29, 1.82) is 0 Å². The molecule has 2 N–H and O–H groups in total. The molecule has 86 valence electrons. The van der Waals surface area contributed by atoms with Gasteiger partial charge in [-0.1, -0.05) is 34.1 Å². The van der Waals surface area contributed by atoms with E-state index in [1.165, 1.54) is 19.4 Å². The van der Waals surface area contributed by atoms with Gasteiger partial charge in [-0.15, -0.1) is 0 Å². The van der Waals surface area contributed by atoms with E-state index < -0.39 is 0 Å². The first-order valence-electron chi connectivity index (χ1n) is 6.13. The second-order valence-corrected chi connectivity index (χ2v) is 4.24. The molecule has 0 fully saturated rings. The largest absolute Gasteiger partial charge is 0.330 e. The van der Waals surface area contributed by atoms with E-state index in [4.69, 9.17) is 5.73 Å². The summed E-state index contributed by atoms with van der Waals surface area (Å²) in [5.41, 5.74) is 5.63. The van der Waals surface area contributed by atoms with Gasteiger partial charge in [-0.25, -0.2) is 0 Å². The van der Waals surface area contributed by atoms with Gasteiger partial charge in [0.1, 0.15) is 0 Å². The van der Waals surface area contributed by atoms with Gasteiger partial charge in [-0.3, -0.25) is 0 Å². The van der Waals surface area contributed by atoms with Gasteiger partial charge in [0.2, 0.25) is 0 Å². The van der Waals surface area contributed by atoms with Gasteiger partial charge in [0.05, 0.1) is 0 Å². The third-order valence-corrected chi connectivity index (χ3v) is 3.14. The molecule has 0 saturated carbocycles. The molecule has 0 aromatic rings. The first-order chi connectivity index (χ1) is 6.69. The van der Waals surface area contributed by atoms with Gasteiger partial charge in [0, 0.05) is 12.6 Å². The summed E-state index contributed by atoms with van der Waals surface area (Å²) in [5, 5.41) is 0. The fraction of sp³-hybridized carbons (Fsp3) is 1.00. The summed E-state index contributed by atoms with van der Waals surface area (Å²) in [6.45, 7) is 12.3. The average Bonchev–Trinajstić information content (AvgIpc) is 2.22. The Balaban J connectivity index is 4.06. The minimum absolute atomic E-state index is 0.694. The SMILES string of the molecule is CCC(C)CN(CC)C(CC)CCN. The highest BCUT2D eigenvalue weighted by atomic mass is 15.1. The van der Waals surface area contributed by atoms with Crippen molar-refractivity contribution in [3.8, 4) is 0 Å². The molecule has 14 heavy (non-hydrogen) atoms. The van der Waals surface area contributed by atoms with Crippen LogP contribution in [0.4, 0.5) is 0 Å². The molecule has 0 heterocycles. The van der Waals surface area contributed by atoms with Crippen molar-refractivity contribution in [2.45, 2.75) is 53.0 Å². The highest BCUT2D eigenvalue weighted by Gasteiger charge is 2.15. The van der Waals surface area contributed by atoms with E-state index in [2.05, 4.69) is 32.6 Å². The summed E-state index contributed by atoms with van der Waals surface area (Å²) in [5.74, 6) is 0.807. The summed E-state index contributed by atoms with van der Waals surface area (Å²) >= 11 is 0. The Hall–Kier alpha value is -0.0800. The number of rotatable bonds is 8. The lowest BCUT2D eigenvalue weighted by Gasteiger charge is -2.31. The topological polar surface area (TPSA) is 29.3 Å². The van der Waals surface area contributed by atoms with Crippen LogP contribution in [0, 0.1) is 5.92 Å². The van der Waals surface area contributed by atoms with Crippen molar-refractivity contribution in [3.63, 3.8) is 0 Å². The van der Waals surface area contributed by atoms with Crippen LogP contribution < -0.4 is 5.73 Å². The molecule has 0 amide bonds. The van der Waals surface area contributed by atoms with Crippen LogP contribution in [0.1, 0.15) is 47.0 Å². The maximum atomic E-state index is 5.63. The molecule has 2 unspecified atom stereocenters. The zero-order chi connectivity index (χ0) is 11.0. The Morgan fingerprint density at radius 3 is 2.14 bits per heavy atom. The van der Waals surface area contributed by atoms with Gasteiger partial charge in [-0.05, 0) is 31.8 Å². The zero-order valence-corrected chi connectivity index (χ0v) is 10.4.